The third-order valence-electron chi connectivity index (χ3n) is 3.18. The van der Waals surface area contributed by atoms with Crippen molar-refractivity contribution in [3.63, 3.8) is 0 Å². The highest BCUT2D eigenvalue weighted by atomic mass is 16.5. The first-order valence-corrected chi connectivity index (χ1v) is 6.69. The van der Waals surface area contributed by atoms with E-state index in [1.807, 2.05) is 24.3 Å². The van der Waals surface area contributed by atoms with Crippen molar-refractivity contribution >= 4 is 5.91 Å². The number of carbonyl (C=O) groups is 1. The highest BCUT2D eigenvalue weighted by molar-refractivity contribution is 5.78. The van der Waals surface area contributed by atoms with Crippen LogP contribution in [0.2, 0.25) is 0 Å². The lowest BCUT2D eigenvalue weighted by atomic mass is 10.2. The lowest BCUT2D eigenvalue weighted by Gasteiger charge is -2.18. The average Bonchev–Trinajstić information content (AvgIpc) is 2.64. The molecule has 5 heteroatoms. The third kappa shape index (κ3) is 4.54. The molecule has 3 N–H and O–H groups in total. The van der Waals surface area contributed by atoms with E-state index in [1.54, 1.807) is 0 Å². The number of benzene rings is 1. The van der Waals surface area contributed by atoms with Gasteiger partial charge in [0.15, 0.2) is 0 Å². The zero-order valence-electron chi connectivity index (χ0n) is 11.1. The highest BCUT2D eigenvalue weighted by Crippen LogP contribution is 2.11. The predicted molar refractivity (Wildman–Crippen MR) is 73.9 cm³/mol. The first-order chi connectivity index (χ1) is 9.28. The fourth-order valence-corrected chi connectivity index (χ4v) is 2.07. The number of carbonyl (C=O) groups excluding carboxylic acids is 1. The lowest BCUT2D eigenvalue weighted by molar-refractivity contribution is -0.121. The molecule has 1 aromatic carbocycles. The van der Waals surface area contributed by atoms with Crippen LogP contribution in [0, 0.1) is 0 Å². The summed E-state index contributed by atoms with van der Waals surface area (Å²) in [5, 5.41) is 2.86. The van der Waals surface area contributed by atoms with Crippen LogP contribution in [-0.4, -0.2) is 43.6 Å². The van der Waals surface area contributed by atoms with Crippen molar-refractivity contribution < 1.29 is 9.53 Å². The first-order valence-electron chi connectivity index (χ1n) is 6.69. The SMILES string of the molecule is NCc1ccc(OCCN2CCCNC(=O)C2)cc1. The Morgan fingerprint density at radius 3 is 2.84 bits per heavy atom. The maximum absolute atomic E-state index is 11.4. The molecule has 5 nitrogen and oxygen atoms in total. The van der Waals surface area contributed by atoms with Gasteiger partial charge in [0.2, 0.25) is 5.91 Å². The first kappa shape index (κ1) is 13.8. The molecular weight excluding hydrogens is 242 g/mol. The summed E-state index contributed by atoms with van der Waals surface area (Å²) in [6, 6.07) is 7.79. The molecule has 19 heavy (non-hydrogen) atoms. The zero-order valence-corrected chi connectivity index (χ0v) is 11.1. The van der Waals surface area contributed by atoms with Crippen LogP contribution in [0.3, 0.4) is 0 Å². The third-order valence-corrected chi connectivity index (χ3v) is 3.18. The van der Waals surface area contributed by atoms with Crippen molar-refractivity contribution in [1.82, 2.24) is 10.2 Å². The smallest absolute Gasteiger partial charge is 0.234 e. The number of nitrogens with one attached hydrogen (secondary N) is 1. The summed E-state index contributed by atoms with van der Waals surface area (Å²) >= 11 is 0. The quantitative estimate of drug-likeness (QED) is 0.804. The minimum Gasteiger partial charge on any atom is -0.492 e. The Morgan fingerprint density at radius 2 is 2.11 bits per heavy atom. The van der Waals surface area contributed by atoms with Crippen molar-refractivity contribution in [3.8, 4) is 5.75 Å². The molecule has 1 saturated heterocycles. The van der Waals surface area contributed by atoms with Crippen LogP contribution in [-0.2, 0) is 11.3 Å². The predicted octanol–water partition coefficient (Wildman–Crippen LogP) is 0.346. The fourth-order valence-electron chi connectivity index (χ4n) is 2.07. The molecule has 0 aromatic heterocycles. The van der Waals surface area contributed by atoms with Crippen LogP contribution in [0.15, 0.2) is 24.3 Å². The molecule has 0 unspecified atom stereocenters. The topological polar surface area (TPSA) is 67.6 Å². The number of nitrogens with two attached hydrogens (primary N) is 1. The molecule has 1 heterocycles. The van der Waals surface area contributed by atoms with Gasteiger partial charge in [-0.05, 0) is 24.1 Å². The number of hydrogen-bond donors (Lipinski definition) is 2. The number of hydrogen-bond acceptors (Lipinski definition) is 4. The molecule has 1 amide bonds. The van der Waals surface area contributed by atoms with E-state index in [0.717, 1.165) is 37.4 Å². The van der Waals surface area contributed by atoms with Gasteiger partial charge in [0.1, 0.15) is 12.4 Å². The van der Waals surface area contributed by atoms with Crippen molar-refractivity contribution in [2.24, 2.45) is 5.73 Å². The van der Waals surface area contributed by atoms with Crippen molar-refractivity contribution in [1.29, 1.82) is 0 Å². The molecular formula is C14H21N3O2. The number of rotatable bonds is 5. The van der Waals surface area contributed by atoms with Gasteiger partial charge >= 0.3 is 0 Å². The molecule has 104 valence electrons. The average molecular weight is 263 g/mol. The summed E-state index contributed by atoms with van der Waals surface area (Å²) in [4.78, 5) is 13.5. The van der Waals surface area contributed by atoms with Gasteiger partial charge in [0.25, 0.3) is 0 Å². The van der Waals surface area contributed by atoms with E-state index < -0.39 is 0 Å². The van der Waals surface area contributed by atoms with Crippen LogP contribution in [0.4, 0.5) is 0 Å². The van der Waals surface area contributed by atoms with Gasteiger partial charge in [-0.3, -0.25) is 9.69 Å². The normalized spacial score (nSPS) is 16.8. The minimum absolute atomic E-state index is 0.102. The molecule has 1 aromatic rings. The largest absolute Gasteiger partial charge is 0.492 e. The van der Waals surface area contributed by atoms with Gasteiger partial charge in [0, 0.05) is 26.2 Å². The molecule has 1 aliphatic heterocycles. The van der Waals surface area contributed by atoms with Crippen LogP contribution < -0.4 is 15.8 Å². The van der Waals surface area contributed by atoms with E-state index in [9.17, 15) is 4.79 Å². The Hall–Kier alpha value is -1.59. The standard InChI is InChI=1S/C14H21N3O2/c15-10-12-2-4-13(5-3-12)19-9-8-17-7-1-6-16-14(18)11-17/h2-5H,1,6-11,15H2,(H,16,18). The van der Waals surface area contributed by atoms with Gasteiger partial charge in [0.05, 0.1) is 6.54 Å². The molecule has 0 bridgehead atoms. The zero-order chi connectivity index (χ0) is 13.5. The molecule has 1 fully saturated rings. The Bertz CT molecular complexity index is 406. The van der Waals surface area contributed by atoms with E-state index in [2.05, 4.69) is 10.2 Å². The monoisotopic (exact) mass is 263 g/mol. The van der Waals surface area contributed by atoms with Gasteiger partial charge in [-0.2, -0.15) is 0 Å². The van der Waals surface area contributed by atoms with Gasteiger partial charge < -0.3 is 15.8 Å². The van der Waals surface area contributed by atoms with Crippen molar-refractivity contribution in [2.45, 2.75) is 13.0 Å². The summed E-state index contributed by atoms with van der Waals surface area (Å²) < 4.78 is 5.67. The van der Waals surface area contributed by atoms with E-state index in [1.165, 1.54) is 0 Å². The maximum atomic E-state index is 11.4. The van der Waals surface area contributed by atoms with Gasteiger partial charge in [-0.1, -0.05) is 12.1 Å². The summed E-state index contributed by atoms with van der Waals surface area (Å²) in [5.41, 5.74) is 6.63. The van der Waals surface area contributed by atoms with E-state index in [4.69, 9.17) is 10.5 Å². The van der Waals surface area contributed by atoms with E-state index in [0.29, 0.717) is 19.7 Å². The van der Waals surface area contributed by atoms with E-state index in [-0.39, 0.29) is 5.91 Å². The molecule has 0 aliphatic carbocycles. The highest BCUT2D eigenvalue weighted by Gasteiger charge is 2.13. The van der Waals surface area contributed by atoms with Crippen LogP contribution >= 0.6 is 0 Å². The summed E-state index contributed by atoms with van der Waals surface area (Å²) in [6.45, 7) is 4.09. The lowest BCUT2D eigenvalue weighted by Crippen LogP contribution is -2.35. The fraction of sp³-hybridized carbons (Fsp3) is 0.500. The Kier molecular flexibility index (Phi) is 5.18. The number of amides is 1. The van der Waals surface area contributed by atoms with Gasteiger partial charge in [-0.15, -0.1) is 0 Å². The minimum atomic E-state index is 0.102. The number of nitrogens with zero attached hydrogens (tertiary/aromatic N) is 1. The van der Waals surface area contributed by atoms with Crippen LogP contribution in [0.1, 0.15) is 12.0 Å². The van der Waals surface area contributed by atoms with Crippen molar-refractivity contribution in [3.05, 3.63) is 29.8 Å². The summed E-state index contributed by atoms with van der Waals surface area (Å²) in [6.07, 6.45) is 0.997. The Labute approximate surface area is 113 Å². The Morgan fingerprint density at radius 1 is 1.32 bits per heavy atom. The molecule has 1 aliphatic rings. The van der Waals surface area contributed by atoms with Gasteiger partial charge in [-0.25, -0.2) is 0 Å². The molecule has 0 atom stereocenters. The van der Waals surface area contributed by atoms with Crippen LogP contribution in [0.5, 0.6) is 5.75 Å². The van der Waals surface area contributed by atoms with E-state index >= 15 is 0 Å². The van der Waals surface area contributed by atoms with Crippen LogP contribution in [0.25, 0.3) is 0 Å². The summed E-state index contributed by atoms with van der Waals surface area (Å²) in [5.74, 6) is 0.946. The summed E-state index contributed by atoms with van der Waals surface area (Å²) in [7, 11) is 0. The second-order valence-electron chi connectivity index (χ2n) is 4.68. The second-order valence-corrected chi connectivity index (χ2v) is 4.68. The molecule has 0 saturated carbocycles. The Balaban J connectivity index is 1.74. The molecule has 2 rings (SSSR count). The number of ether oxygens (including phenoxy) is 1. The molecule has 0 radical (unpaired) electrons. The molecule has 0 spiro atoms. The second kappa shape index (κ2) is 7.11. The van der Waals surface area contributed by atoms with Crippen molar-refractivity contribution in [2.75, 3.05) is 32.8 Å². The maximum Gasteiger partial charge on any atom is 0.234 e.